The zero-order valence-corrected chi connectivity index (χ0v) is 16.4. The SMILES string of the molecule is Cc1csc(/N=C2/S/C(=C/c3cccs3)C(=O)N2C2CCCCC2)n1. The van der Waals surface area contributed by atoms with Crippen LogP contribution in [0.15, 0.2) is 32.8 Å². The third-order valence-electron chi connectivity index (χ3n) is 4.39. The van der Waals surface area contributed by atoms with Gasteiger partial charge in [0.25, 0.3) is 5.91 Å². The Morgan fingerprint density at radius 3 is 2.80 bits per heavy atom. The fraction of sp³-hybridized carbons (Fsp3) is 0.389. The van der Waals surface area contributed by atoms with Crippen LogP contribution in [0.3, 0.4) is 0 Å². The summed E-state index contributed by atoms with van der Waals surface area (Å²) in [6.07, 6.45) is 7.76. The third kappa shape index (κ3) is 3.73. The van der Waals surface area contributed by atoms with E-state index in [2.05, 4.69) is 4.98 Å². The predicted molar refractivity (Wildman–Crippen MR) is 108 cm³/mol. The summed E-state index contributed by atoms with van der Waals surface area (Å²) in [4.78, 5) is 26.0. The van der Waals surface area contributed by atoms with Gasteiger partial charge in [-0.15, -0.1) is 22.7 Å². The summed E-state index contributed by atoms with van der Waals surface area (Å²) in [5.74, 6) is 0.0947. The number of thiophene rings is 1. The van der Waals surface area contributed by atoms with Gasteiger partial charge >= 0.3 is 0 Å². The number of aliphatic imine (C=N–C) groups is 1. The maximum absolute atomic E-state index is 13.1. The summed E-state index contributed by atoms with van der Waals surface area (Å²) < 4.78 is 0. The molecule has 0 N–H and O–H groups in total. The van der Waals surface area contributed by atoms with Crippen LogP contribution in [0.1, 0.15) is 42.7 Å². The quantitative estimate of drug-likeness (QED) is 0.656. The fourth-order valence-corrected chi connectivity index (χ4v) is 5.69. The summed E-state index contributed by atoms with van der Waals surface area (Å²) in [6.45, 7) is 1.97. The van der Waals surface area contributed by atoms with Gasteiger partial charge in [-0.1, -0.05) is 25.3 Å². The van der Waals surface area contributed by atoms with Crippen molar-refractivity contribution in [1.82, 2.24) is 9.88 Å². The molecule has 0 atom stereocenters. The van der Waals surface area contributed by atoms with Crippen LogP contribution in [0, 0.1) is 6.92 Å². The zero-order valence-electron chi connectivity index (χ0n) is 14.0. The van der Waals surface area contributed by atoms with Crippen LogP contribution in [0.25, 0.3) is 6.08 Å². The van der Waals surface area contributed by atoms with Crippen molar-refractivity contribution in [3.8, 4) is 0 Å². The van der Waals surface area contributed by atoms with E-state index in [1.165, 1.54) is 42.4 Å². The van der Waals surface area contributed by atoms with Gasteiger partial charge in [0.1, 0.15) is 0 Å². The van der Waals surface area contributed by atoms with Crippen molar-refractivity contribution in [2.75, 3.05) is 0 Å². The predicted octanol–water partition coefficient (Wildman–Crippen LogP) is 5.45. The second-order valence-electron chi connectivity index (χ2n) is 6.26. The molecule has 3 heterocycles. The Morgan fingerprint density at radius 1 is 1.28 bits per heavy atom. The van der Waals surface area contributed by atoms with Gasteiger partial charge in [-0.2, -0.15) is 4.99 Å². The highest BCUT2D eigenvalue weighted by Gasteiger charge is 2.38. The lowest BCUT2D eigenvalue weighted by atomic mass is 9.94. The van der Waals surface area contributed by atoms with E-state index in [1.54, 1.807) is 11.3 Å². The summed E-state index contributed by atoms with van der Waals surface area (Å²) in [5.41, 5.74) is 0.970. The monoisotopic (exact) mass is 389 g/mol. The smallest absolute Gasteiger partial charge is 0.267 e. The largest absolute Gasteiger partial charge is 0.283 e. The number of amides is 1. The average Bonchev–Trinajstić information content (AvgIpc) is 3.32. The first-order chi connectivity index (χ1) is 12.2. The number of thioether (sulfide) groups is 1. The first-order valence-corrected chi connectivity index (χ1v) is 11.1. The first-order valence-electron chi connectivity index (χ1n) is 8.48. The minimum atomic E-state index is 0.0947. The van der Waals surface area contributed by atoms with E-state index in [9.17, 15) is 4.79 Å². The Balaban J connectivity index is 1.68. The number of aryl methyl sites for hydroxylation is 1. The van der Waals surface area contributed by atoms with Gasteiger partial charge in [0, 0.05) is 16.3 Å². The Bertz CT molecular complexity index is 816. The molecule has 1 saturated heterocycles. The molecule has 4 nitrogen and oxygen atoms in total. The molecule has 1 saturated carbocycles. The molecule has 0 unspecified atom stereocenters. The van der Waals surface area contributed by atoms with E-state index in [1.807, 2.05) is 40.8 Å². The van der Waals surface area contributed by atoms with Crippen molar-refractivity contribution in [2.45, 2.75) is 45.1 Å². The number of carbonyl (C=O) groups excluding carboxylic acids is 1. The number of hydrogen-bond acceptors (Lipinski definition) is 6. The molecule has 2 aromatic heterocycles. The fourth-order valence-electron chi connectivity index (χ4n) is 3.20. The molecule has 130 valence electrons. The van der Waals surface area contributed by atoms with Crippen molar-refractivity contribution in [3.63, 3.8) is 0 Å². The minimum absolute atomic E-state index is 0.0947. The highest BCUT2D eigenvalue weighted by molar-refractivity contribution is 8.18. The molecule has 1 amide bonds. The summed E-state index contributed by atoms with van der Waals surface area (Å²) in [7, 11) is 0. The maximum atomic E-state index is 13.1. The first kappa shape index (κ1) is 17.0. The Labute approximate surface area is 159 Å². The van der Waals surface area contributed by atoms with E-state index >= 15 is 0 Å². The molecule has 2 aromatic rings. The molecule has 2 fully saturated rings. The lowest BCUT2D eigenvalue weighted by Crippen LogP contribution is -2.40. The van der Waals surface area contributed by atoms with Crippen LogP contribution in [0.4, 0.5) is 5.13 Å². The van der Waals surface area contributed by atoms with Crippen molar-refractivity contribution in [1.29, 1.82) is 0 Å². The Morgan fingerprint density at radius 2 is 2.12 bits per heavy atom. The van der Waals surface area contributed by atoms with E-state index < -0.39 is 0 Å². The third-order valence-corrected chi connectivity index (χ3v) is 7.05. The van der Waals surface area contributed by atoms with Crippen molar-refractivity contribution >= 4 is 56.7 Å². The zero-order chi connectivity index (χ0) is 17.2. The van der Waals surface area contributed by atoms with Crippen LogP contribution in [0.2, 0.25) is 0 Å². The van der Waals surface area contributed by atoms with E-state index in [-0.39, 0.29) is 11.9 Å². The molecule has 1 aliphatic heterocycles. The molecule has 7 heteroatoms. The number of aromatic nitrogens is 1. The number of amidine groups is 1. The summed E-state index contributed by atoms with van der Waals surface area (Å²) in [5, 5.41) is 5.54. The molecule has 0 aromatic carbocycles. The number of hydrogen-bond donors (Lipinski definition) is 0. The topological polar surface area (TPSA) is 45.6 Å². The van der Waals surface area contributed by atoms with Crippen LogP contribution in [-0.2, 0) is 4.79 Å². The summed E-state index contributed by atoms with van der Waals surface area (Å²) >= 11 is 4.66. The van der Waals surface area contributed by atoms with Gasteiger partial charge in [0.05, 0.1) is 10.6 Å². The lowest BCUT2D eigenvalue weighted by Gasteiger charge is -2.30. The van der Waals surface area contributed by atoms with Crippen molar-refractivity contribution < 1.29 is 4.79 Å². The molecule has 25 heavy (non-hydrogen) atoms. The number of carbonyl (C=O) groups is 1. The van der Waals surface area contributed by atoms with Crippen molar-refractivity contribution in [3.05, 3.63) is 38.4 Å². The lowest BCUT2D eigenvalue weighted by molar-refractivity contribution is -0.124. The maximum Gasteiger partial charge on any atom is 0.267 e. The Kier molecular flexibility index (Phi) is 5.05. The average molecular weight is 390 g/mol. The molecule has 4 rings (SSSR count). The molecular formula is C18H19N3OS3. The molecule has 1 aliphatic carbocycles. The van der Waals surface area contributed by atoms with Gasteiger partial charge in [-0.25, -0.2) is 4.98 Å². The second-order valence-corrected chi connectivity index (χ2v) is 9.08. The van der Waals surface area contributed by atoms with Crippen LogP contribution in [-0.4, -0.2) is 27.0 Å². The second kappa shape index (κ2) is 7.43. The highest BCUT2D eigenvalue weighted by Crippen LogP contribution is 2.39. The molecule has 0 radical (unpaired) electrons. The number of rotatable bonds is 3. The number of thiazole rings is 1. The highest BCUT2D eigenvalue weighted by atomic mass is 32.2. The van der Waals surface area contributed by atoms with Crippen molar-refractivity contribution in [2.24, 2.45) is 4.99 Å². The van der Waals surface area contributed by atoms with Crippen LogP contribution >= 0.6 is 34.4 Å². The molecule has 2 aliphatic rings. The van der Waals surface area contributed by atoms with E-state index in [0.29, 0.717) is 0 Å². The number of nitrogens with zero attached hydrogens (tertiary/aromatic N) is 3. The van der Waals surface area contributed by atoms with E-state index in [4.69, 9.17) is 4.99 Å². The Hall–Kier alpha value is -1.44. The standard InChI is InChI=1S/C18H19N3OS3/c1-12-11-24-17(19-12)20-18-21(13-6-3-2-4-7-13)16(22)15(25-18)10-14-8-5-9-23-14/h5,8-11,13H,2-4,6-7H2,1H3/b15-10+,20-18+. The summed E-state index contributed by atoms with van der Waals surface area (Å²) in [6, 6.07) is 4.31. The molecule has 0 bridgehead atoms. The molecular weight excluding hydrogens is 370 g/mol. The van der Waals surface area contributed by atoms with E-state index in [0.717, 1.165) is 38.6 Å². The van der Waals surface area contributed by atoms with Gasteiger partial charge in [-0.3, -0.25) is 9.69 Å². The normalized spacial score (nSPS) is 22.4. The van der Waals surface area contributed by atoms with Crippen LogP contribution in [0.5, 0.6) is 0 Å². The molecule has 0 spiro atoms. The minimum Gasteiger partial charge on any atom is -0.283 e. The van der Waals surface area contributed by atoms with Gasteiger partial charge < -0.3 is 0 Å². The van der Waals surface area contributed by atoms with Gasteiger partial charge in [-0.05, 0) is 49.0 Å². The van der Waals surface area contributed by atoms with Gasteiger partial charge in [0.2, 0.25) is 5.13 Å². The van der Waals surface area contributed by atoms with Crippen LogP contribution < -0.4 is 0 Å². The van der Waals surface area contributed by atoms with Gasteiger partial charge in [0.15, 0.2) is 5.17 Å².